The number of ether oxygens (including phenoxy) is 1. The van der Waals surface area contributed by atoms with Crippen LogP contribution < -0.4 is 0 Å². The summed E-state index contributed by atoms with van der Waals surface area (Å²) in [5.74, 6) is -0.575. The predicted octanol–water partition coefficient (Wildman–Crippen LogP) is 1.39. The van der Waals surface area contributed by atoms with Crippen molar-refractivity contribution in [2.75, 3.05) is 26.3 Å². The number of hydrogen-bond acceptors (Lipinski definition) is 5. The highest BCUT2D eigenvalue weighted by molar-refractivity contribution is 6.03. The Morgan fingerprint density at radius 2 is 1.84 bits per heavy atom. The van der Waals surface area contributed by atoms with E-state index >= 15 is 0 Å². The van der Waals surface area contributed by atoms with Crippen LogP contribution in [-0.2, 0) is 4.74 Å². The molecule has 0 aromatic heterocycles. The van der Waals surface area contributed by atoms with Crippen molar-refractivity contribution in [2.24, 2.45) is 0 Å². The summed E-state index contributed by atoms with van der Waals surface area (Å²) in [6.07, 6.45) is 0. The zero-order valence-electron chi connectivity index (χ0n) is 11.2. The second-order valence-electron chi connectivity index (χ2n) is 5.19. The van der Waals surface area contributed by atoms with Crippen LogP contribution >= 0.6 is 0 Å². The van der Waals surface area contributed by atoms with Crippen LogP contribution in [0.1, 0.15) is 24.2 Å². The fourth-order valence-electron chi connectivity index (χ4n) is 2.28. The van der Waals surface area contributed by atoms with Crippen molar-refractivity contribution in [1.29, 1.82) is 0 Å². The van der Waals surface area contributed by atoms with Crippen LogP contribution in [-0.4, -0.2) is 52.7 Å². The number of aromatic hydroxyl groups is 2. The minimum absolute atomic E-state index is 0.0790. The van der Waals surface area contributed by atoms with Gasteiger partial charge in [0.1, 0.15) is 0 Å². The fraction of sp³-hybridized carbons (Fsp3) is 0.500. The van der Waals surface area contributed by atoms with Gasteiger partial charge in [-0.2, -0.15) is 0 Å². The largest absolute Gasteiger partial charge is 0.504 e. The van der Waals surface area contributed by atoms with E-state index < -0.39 is 5.54 Å². The van der Waals surface area contributed by atoms with Crippen molar-refractivity contribution in [3.8, 4) is 11.5 Å². The Kier molecular flexibility index (Phi) is 3.78. The first kappa shape index (κ1) is 13.8. The van der Waals surface area contributed by atoms with Crippen molar-refractivity contribution in [2.45, 2.75) is 19.4 Å². The van der Waals surface area contributed by atoms with E-state index in [1.54, 1.807) is 0 Å². The maximum atomic E-state index is 12.6. The molecule has 5 nitrogen and oxygen atoms in total. The molecule has 104 valence electrons. The summed E-state index contributed by atoms with van der Waals surface area (Å²) in [7, 11) is 0. The van der Waals surface area contributed by atoms with Gasteiger partial charge >= 0.3 is 0 Å². The lowest BCUT2D eigenvalue weighted by molar-refractivity contribution is -0.00430. The molecule has 1 saturated heterocycles. The third-order valence-corrected chi connectivity index (χ3v) is 3.59. The molecule has 2 rings (SSSR count). The lowest BCUT2D eigenvalue weighted by atomic mass is 9.90. The van der Waals surface area contributed by atoms with Gasteiger partial charge in [-0.25, -0.2) is 0 Å². The topological polar surface area (TPSA) is 70.0 Å². The molecule has 0 saturated carbocycles. The van der Waals surface area contributed by atoms with Gasteiger partial charge in [0, 0.05) is 18.7 Å². The van der Waals surface area contributed by atoms with E-state index in [0.29, 0.717) is 31.9 Å². The maximum Gasteiger partial charge on any atom is 0.182 e. The third-order valence-electron chi connectivity index (χ3n) is 3.59. The molecular formula is C14H19NO4. The van der Waals surface area contributed by atoms with Gasteiger partial charge in [-0.15, -0.1) is 0 Å². The zero-order valence-corrected chi connectivity index (χ0v) is 11.2. The summed E-state index contributed by atoms with van der Waals surface area (Å²) in [6.45, 7) is 6.40. The number of phenolic OH excluding ortho intramolecular Hbond substituents is 2. The highest BCUT2D eigenvalue weighted by atomic mass is 16.5. The van der Waals surface area contributed by atoms with E-state index in [1.165, 1.54) is 18.2 Å². The third kappa shape index (κ3) is 2.72. The molecule has 1 aromatic rings. The molecule has 1 aromatic carbocycles. The maximum absolute atomic E-state index is 12.6. The van der Waals surface area contributed by atoms with Crippen molar-refractivity contribution >= 4 is 5.78 Å². The fourth-order valence-corrected chi connectivity index (χ4v) is 2.28. The molecule has 0 spiro atoms. The summed E-state index contributed by atoms with van der Waals surface area (Å²) in [6, 6.07) is 4.16. The first-order chi connectivity index (χ1) is 8.93. The molecule has 0 aliphatic carbocycles. The van der Waals surface area contributed by atoms with Gasteiger partial charge in [-0.1, -0.05) is 0 Å². The van der Waals surface area contributed by atoms with Gasteiger partial charge < -0.3 is 14.9 Å². The Balaban J connectivity index is 2.23. The predicted molar refractivity (Wildman–Crippen MR) is 70.6 cm³/mol. The Hall–Kier alpha value is -1.59. The number of phenols is 2. The number of Topliss-reactive ketones (excluding diaryl/α,β-unsaturated/α-hetero) is 1. The second kappa shape index (κ2) is 5.19. The molecule has 0 unspecified atom stereocenters. The summed E-state index contributed by atoms with van der Waals surface area (Å²) in [4.78, 5) is 14.6. The van der Waals surface area contributed by atoms with Crippen molar-refractivity contribution < 1.29 is 19.7 Å². The standard InChI is InChI=1S/C14H19NO4/c1-14(2,15-5-7-19-8-6-15)13(18)10-3-4-11(16)12(17)9-10/h3-4,9,16-17H,5-8H2,1-2H3. The Morgan fingerprint density at radius 3 is 2.42 bits per heavy atom. The molecule has 19 heavy (non-hydrogen) atoms. The molecule has 0 atom stereocenters. The van der Waals surface area contributed by atoms with E-state index in [4.69, 9.17) is 4.74 Å². The van der Waals surface area contributed by atoms with Crippen LogP contribution in [0.4, 0.5) is 0 Å². The number of rotatable bonds is 3. The number of carbonyl (C=O) groups excluding carboxylic acids is 1. The molecule has 1 aliphatic rings. The molecule has 1 aliphatic heterocycles. The van der Waals surface area contributed by atoms with E-state index in [0.717, 1.165) is 0 Å². The molecule has 1 fully saturated rings. The Morgan fingerprint density at radius 1 is 1.21 bits per heavy atom. The minimum atomic E-state index is -0.660. The van der Waals surface area contributed by atoms with Crippen LogP contribution in [0.25, 0.3) is 0 Å². The molecule has 0 amide bonds. The monoisotopic (exact) mass is 265 g/mol. The molecule has 0 radical (unpaired) electrons. The van der Waals surface area contributed by atoms with E-state index in [2.05, 4.69) is 4.90 Å². The van der Waals surface area contributed by atoms with Crippen molar-refractivity contribution in [3.05, 3.63) is 23.8 Å². The highest BCUT2D eigenvalue weighted by Crippen LogP contribution is 2.28. The lowest BCUT2D eigenvalue weighted by Crippen LogP contribution is -2.54. The molecule has 2 N–H and O–H groups in total. The summed E-state index contributed by atoms with van der Waals surface area (Å²) < 4.78 is 5.29. The van der Waals surface area contributed by atoms with E-state index in [-0.39, 0.29) is 17.3 Å². The average molecular weight is 265 g/mol. The summed E-state index contributed by atoms with van der Waals surface area (Å²) >= 11 is 0. The van der Waals surface area contributed by atoms with Gasteiger partial charge in [0.2, 0.25) is 0 Å². The van der Waals surface area contributed by atoms with Crippen LogP contribution in [0.5, 0.6) is 11.5 Å². The molecule has 5 heteroatoms. The average Bonchev–Trinajstić information content (AvgIpc) is 2.42. The van der Waals surface area contributed by atoms with Gasteiger partial charge in [0.25, 0.3) is 0 Å². The molecule has 0 bridgehead atoms. The normalized spacial score (nSPS) is 17.4. The van der Waals surface area contributed by atoms with Crippen molar-refractivity contribution in [3.63, 3.8) is 0 Å². The Bertz CT molecular complexity index is 478. The summed E-state index contributed by atoms with van der Waals surface area (Å²) in [5, 5.41) is 18.8. The van der Waals surface area contributed by atoms with Crippen LogP contribution in [0.15, 0.2) is 18.2 Å². The van der Waals surface area contributed by atoms with Gasteiger partial charge in [-0.05, 0) is 32.0 Å². The minimum Gasteiger partial charge on any atom is -0.504 e. The number of morpholine rings is 1. The van der Waals surface area contributed by atoms with Crippen LogP contribution in [0, 0.1) is 0 Å². The van der Waals surface area contributed by atoms with Gasteiger partial charge in [-0.3, -0.25) is 9.69 Å². The van der Waals surface area contributed by atoms with Gasteiger partial charge in [0.15, 0.2) is 17.3 Å². The summed E-state index contributed by atoms with van der Waals surface area (Å²) in [5.41, 5.74) is -0.264. The van der Waals surface area contributed by atoms with Crippen molar-refractivity contribution in [1.82, 2.24) is 4.90 Å². The smallest absolute Gasteiger partial charge is 0.182 e. The number of carbonyl (C=O) groups is 1. The van der Waals surface area contributed by atoms with E-state index in [9.17, 15) is 15.0 Å². The Labute approximate surface area is 112 Å². The zero-order chi connectivity index (χ0) is 14.0. The second-order valence-corrected chi connectivity index (χ2v) is 5.19. The van der Waals surface area contributed by atoms with Crippen LogP contribution in [0.3, 0.4) is 0 Å². The number of benzene rings is 1. The molecular weight excluding hydrogens is 246 g/mol. The molecule has 1 heterocycles. The van der Waals surface area contributed by atoms with E-state index in [1.807, 2.05) is 13.8 Å². The SMILES string of the molecule is CC(C)(C(=O)c1ccc(O)c(O)c1)N1CCOCC1. The lowest BCUT2D eigenvalue weighted by Gasteiger charge is -2.39. The highest BCUT2D eigenvalue weighted by Gasteiger charge is 2.36. The van der Waals surface area contributed by atoms with Gasteiger partial charge in [0.05, 0.1) is 18.8 Å². The first-order valence-electron chi connectivity index (χ1n) is 6.32. The first-order valence-corrected chi connectivity index (χ1v) is 6.32. The quantitative estimate of drug-likeness (QED) is 0.638. The number of nitrogens with zero attached hydrogens (tertiary/aromatic N) is 1. The number of hydrogen-bond donors (Lipinski definition) is 2. The van der Waals surface area contributed by atoms with Crippen LogP contribution in [0.2, 0.25) is 0 Å². The number of ketones is 1.